The largest absolute Gasteiger partial charge is 0.368 e. The first-order valence-corrected chi connectivity index (χ1v) is 11.1. The normalized spacial score (nSPS) is 22.6. The van der Waals surface area contributed by atoms with Crippen LogP contribution in [0.1, 0.15) is 38.5 Å². The van der Waals surface area contributed by atoms with Crippen molar-refractivity contribution in [2.45, 2.75) is 56.7 Å². The van der Waals surface area contributed by atoms with Crippen LogP contribution >= 0.6 is 11.8 Å². The summed E-state index contributed by atoms with van der Waals surface area (Å²) in [6, 6.07) is -1.09. The SMILES string of the molecule is CSCC(=O)N1CC(NC(=O)NC2CCCCC2)CC1C(=O)N(C)CC(N)=O. The lowest BCUT2D eigenvalue weighted by Gasteiger charge is -2.27. The minimum atomic E-state index is -0.705. The Hall–Kier alpha value is -1.97. The van der Waals surface area contributed by atoms with E-state index in [1.54, 1.807) is 0 Å². The number of carbonyl (C=O) groups is 4. The van der Waals surface area contributed by atoms with Gasteiger partial charge in [0.25, 0.3) is 0 Å². The van der Waals surface area contributed by atoms with Crippen LogP contribution in [-0.2, 0) is 14.4 Å². The molecule has 28 heavy (non-hydrogen) atoms. The fourth-order valence-corrected chi connectivity index (χ4v) is 4.29. The molecule has 1 aliphatic carbocycles. The monoisotopic (exact) mass is 413 g/mol. The van der Waals surface area contributed by atoms with E-state index in [1.807, 2.05) is 6.26 Å². The number of thioether (sulfide) groups is 1. The molecule has 0 aromatic carbocycles. The van der Waals surface area contributed by atoms with E-state index < -0.39 is 11.9 Å². The van der Waals surface area contributed by atoms with Gasteiger partial charge in [-0.05, 0) is 25.5 Å². The summed E-state index contributed by atoms with van der Waals surface area (Å²) in [4.78, 5) is 51.4. The first kappa shape index (κ1) is 22.3. The molecule has 0 aromatic rings. The standard InChI is InChI=1S/C18H31N5O4S/c1-22(10-15(19)24)17(26)14-8-13(9-23(14)16(25)11-28-2)21-18(27)20-12-6-4-3-5-7-12/h12-14H,3-11H2,1-2H3,(H2,19,24)(H2,20,21,27). The van der Waals surface area contributed by atoms with E-state index in [9.17, 15) is 19.2 Å². The molecule has 2 rings (SSSR count). The molecule has 0 bridgehead atoms. The van der Waals surface area contributed by atoms with Crippen LogP contribution in [0.5, 0.6) is 0 Å². The molecule has 4 N–H and O–H groups in total. The number of nitrogens with two attached hydrogens (primary N) is 1. The van der Waals surface area contributed by atoms with Gasteiger partial charge in [-0.2, -0.15) is 11.8 Å². The van der Waals surface area contributed by atoms with Gasteiger partial charge in [0, 0.05) is 19.6 Å². The summed E-state index contributed by atoms with van der Waals surface area (Å²) in [5.74, 6) is -0.859. The molecule has 5 amide bonds. The first-order chi connectivity index (χ1) is 13.3. The highest BCUT2D eigenvalue weighted by Crippen LogP contribution is 2.22. The Morgan fingerprint density at radius 3 is 2.36 bits per heavy atom. The first-order valence-electron chi connectivity index (χ1n) is 9.70. The van der Waals surface area contributed by atoms with E-state index in [0.29, 0.717) is 6.42 Å². The number of nitrogens with one attached hydrogen (secondary N) is 2. The summed E-state index contributed by atoms with van der Waals surface area (Å²) < 4.78 is 0. The Balaban J connectivity index is 1.98. The highest BCUT2D eigenvalue weighted by molar-refractivity contribution is 7.99. The highest BCUT2D eigenvalue weighted by Gasteiger charge is 2.41. The molecule has 158 valence electrons. The molecule has 0 aromatic heterocycles. The van der Waals surface area contributed by atoms with Crippen molar-refractivity contribution in [3.05, 3.63) is 0 Å². The van der Waals surface area contributed by atoms with Crippen molar-refractivity contribution in [2.75, 3.05) is 32.1 Å². The van der Waals surface area contributed by atoms with Crippen molar-refractivity contribution < 1.29 is 19.2 Å². The smallest absolute Gasteiger partial charge is 0.315 e. The second kappa shape index (κ2) is 10.5. The van der Waals surface area contributed by atoms with Gasteiger partial charge in [-0.15, -0.1) is 0 Å². The van der Waals surface area contributed by atoms with Crippen LogP contribution in [0.15, 0.2) is 0 Å². The zero-order valence-electron chi connectivity index (χ0n) is 16.6. The molecule has 0 spiro atoms. The minimum absolute atomic E-state index is 0.157. The maximum atomic E-state index is 12.7. The molecule has 1 aliphatic heterocycles. The van der Waals surface area contributed by atoms with Crippen LogP contribution in [0.4, 0.5) is 4.79 Å². The second-order valence-corrected chi connectivity index (χ2v) is 8.41. The molecule has 10 heteroatoms. The van der Waals surface area contributed by atoms with E-state index in [2.05, 4.69) is 10.6 Å². The number of likely N-dealkylation sites (tertiary alicyclic amines) is 1. The molecule has 0 radical (unpaired) electrons. The molecule has 1 heterocycles. The van der Waals surface area contributed by atoms with Crippen LogP contribution in [0.3, 0.4) is 0 Å². The Labute approximate surface area is 170 Å². The second-order valence-electron chi connectivity index (χ2n) is 7.54. The van der Waals surface area contributed by atoms with Crippen molar-refractivity contribution in [1.82, 2.24) is 20.4 Å². The molecule has 2 aliphatic rings. The lowest BCUT2D eigenvalue weighted by atomic mass is 9.96. The summed E-state index contributed by atoms with van der Waals surface area (Å²) in [5, 5.41) is 5.90. The van der Waals surface area contributed by atoms with Crippen LogP contribution in [-0.4, -0.2) is 83.8 Å². The third kappa shape index (κ3) is 6.29. The maximum absolute atomic E-state index is 12.7. The number of nitrogens with zero attached hydrogens (tertiary/aromatic N) is 2. The van der Waals surface area contributed by atoms with Crippen molar-refractivity contribution in [3.63, 3.8) is 0 Å². The number of primary amides is 1. The maximum Gasteiger partial charge on any atom is 0.315 e. The van der Waals surface area contributed by atoms with Crippen LogP contribution in [0.2, 0.25) is 0 Å². The Bertz CT molecular complexity index is 597. The van der Waals surface area contributed by atoms with Crippen LogP contribution in [0, 0.1) is 0 Å². The Morgan fingerprint density at radius 1 is 1.11 bits per heavy atom. The molecule has 2 fully saturated rings. The van der Waals surface area contributed by atoms with E-state index in [1.165, 1.54) is 35.0 Å². The molecule has 9 nitrogen and oxygen atoms in total. The average Bonchev–Trinajstić information content (AvgIpc) is 3.05. The van der Waals surface area contributed by atoms with Gasteiger partial charge in [0.2, 0.25) is 17.7 Å². The molecule has 2 unspecified atom stereocenters. The topological polar surface area (TPSA) is 125 Å². The summed E-state index contributed by atoms with van der Waals surface area (Å²) in [6.07, 6.45) is 7.54. The van der Waals surface area contributed by atoms with Gasteiger partial charge in [0.1, 0.15) is 6.04 Å². The number of rotatable bonds is 7. The van der Waals surface area contributed by atoms with Gasteiger partial charge in [-0.1, -0.05) is 19.3 Å². The van der Waals surface area contributed by atoms with Gasteiger partial charge in [-0.3, -0.25) is 14.4 Å². The van der Waals surface area contributed by atoms with E-state index in [0.717, 1.165) is 25.7 Å². The molecule has 2 atom stereocenters. The third-order valence-corrected chi connectivity index (χ3v) is 5.75. The summed E-state index contributed by atoms with van der Waals surface area (Å²) >= 11 is 1.38. The fourth-order valence-electron chi connectivity index (χ4n) is 3.88. The van der Waals surface area contributed by atoms with Crippen molar-refractivity contribution in [2.24, 2.45) is 5.73 Å². The molecular weight excluding hydrogens is 382 g/mol. The Kier molecular flexibility index (Phi) is 8.40. The average molecular weight is 414 g/mol. The third-order valence-electron chi connectivity index (χ3n) is 5.22. The highest BCUT2D eigenvalue weighted by atomic mass is 32.2. The van der Waals surface area contributed by atoms with Gasteiger partial charge in [-0.25, -0.2) is 4.79 Å². The number of hydrogen-bond acceptors (Lipinski definition) is 5. The molecular formula is C18H31N5O4S. The van der Waals surface area contributed by atoms with E-state index >= 15 is 0 Å². The van der Waals surface area contributed by atoms with Crippen LogP contribution in [0.25, 0.3) is 0 Å². The van der Waals surface area contributed by atoms with Crippen molar-refractivity contribution in [1.29, 1.82) is 0 Å². The number of carbonyl (C=O) groups excluding carboxylic acids is 4. The predicted octanol–water partition coefficient (Wildman–Crippen LogP) is -0.105. The molecule has 1 saturated heterocycles. The van der Waals surface area contributed by atoms with Crippen molar-refractivity contribution >= 4 is 35.5 Å². The van der Waals surface area contributed by atoms with Gasteiger partial charge >= 0.3 is 6.03 Å². The van der Waals surface area contributed by atoms with Crippen LogP contribution < -0.4 is 16.4 Å². The summed E-state index contributed by atoms with van der Waals surface area (Å²) in [5.41, 5.74) is 5.17. The van der Waals surface area contributed by atoms with E-state index in [-0.39, 0.29) is 48.8 Å². The molecule has 1 saturated carbocycles. The lowest BCUT2D eigenvalue weighted by Crippen LogP contribution is -2.49. The predicted molar refractivity (Wildman–Crippen MR) is 108 cm³/mol. The minimum Gasteiger partial charge on any atom is -0.368 e. The van der Waals surface area contributed by atoms with Gasteiger partial charge in [0.15, 0.2) is 0 Å². The van der Waals surface area contributed by atoms with Crippen molar-refractivity contribution in [3.8, 4) is 0 Å². The zero-order chi connectivity index (χ0) is 20.7. The van der Waals surface area contributed by atoms with Gasteiger partial charge < -0.3 is 26.2 Å². The van der Waals surface area contributed by atoms with Gasteiger partial charge in [0.05, 0.1) is 18.3 Å². The summed E-state index contributed by atoms with van der Waals surface area (Å²) in [7, 11) is 1.49. The number of amides is 5. The number of likely N-dealkylation sites (N-methyl/N-ethyl adjacent to an activating group) is 1. The summed E-state index contributed by atoms with van der Waals surface area (Å²) in [6.45, 7) is 0.0679. The zero-order valence-corrected chi connectivity index (χ0v) is 17.4. The number of urea groups is 1. The quantitative estimate of drug-likeness (QED) is 0.537. The lowest BCUT2D eigenvalue weighted by molar-refractivity contribution is -0.142. The number of hydrogen-bond donors (Lipinski definition) is 3. The van der Waals surface area contributed by atoms with E-state index in [4.69, 9.17) is 5.73 Å². The fraction of sp³-hybridized carbons (Fsp3) is 0.778. The Morgan fingerprint density at radius 2 is 1.75 bits per heavy atom.